The molecule has 4 heteroatoms. The summed E-state index contributed by atoms with van der Waals surface area (Å²) in [4.78, 5) is 4.40. The Hall–Kier alpha value is -2.07. The molecule has 0 amide bonds. The molecule has 1 aromatic carbocycles. The third-order valence-corrected chi connectivity index (χ3v) is 3.52. The molecule has 3 rings (SSSR count). The lowest BCUT2D eigenvalue weighted by Crippen LogP contribution is -2.10. The molecule has 0 atom stereocenters. The van der Waals surface area contributed by atoms with Crippen molar-refractivity contribution in [3.05, 3.63) is 36.2 Å². The van der Waals surface area contributed by atoms with Crippen LogP contribution in [-0.2, 0) is 6.54 Å². The van der Waals surface area contributed by atoms with Crippen LogP contribution in [0.15, 0.2) is 30.5 Å². The maximum atomic E-state index is 5.75. The number of aromatic nitrogens is 2. The molecular weight excluding hydrogens is 238 g/mol. The fourth-order valence-corrected chi connectivity index (χ4v) is 2.69. The quantitative estimate of drug-likeness (QED) is 0.782. The zero-order valence-electron chi connectivity index (χ0n) is 11.2. The van der Waals surface area contributed by atoms with Gasteiger partial charge in [-0.05, 0) is 25.1 Å². The number of aryl methyl sites for hydroxylation is 1. The molecule has 0 aliphatic rings. The molecule has 0 aliphatic heterocycles. The zero-order chi connectivity index (χ0) is 13.4. The van der Waals surface area contributed by atoms with Crippen molar-refractivity contribution in [2.24, 2.45) is 5.73 Å². The molecule has 0 spiro atoms. The van der Waals surface area contributed by atoms with Gasteiger partial charge in [0.05, 0.1) is 23.8 Å². The fourth-order valence-electron chi connectivity index (χ4n) is 2.69. The van der Waals surface area contributed by atoms with E-state index in [-0.39, 0.29) is 0 Å². The highest BCUT2D eigenvalue weighted by atomic mass is 16.5. The van der Waals surface area contributed by atoms with Gasteiger partial charge in [0.2, 0.25) is 0 Å². The summed E-state index contributed by atoms with van der Waals surface area (Å²) in [6.45, 7) is 3.41. The summed E-state index contributed by atoms with van der Waals surface area (Å²) in [5.41, 5.74) is 9.09. The normalized spacial score (nSPS) is 11.3. The van der Waals surface area contributed by atoms with Gasteiger partial charge in [-0.15, -0.1) is 0 Å². The second-order valence-corrected chi connectivity index (χ2v) is 4.62. The Labute approximate surface area is 111 Å². The maximum absolute atomic E-state index is 5.75. The van der Waals surface area contributed by atoms with E-state index in [0.717, 1.165) is 29.0 Å². The van der Waals surface area contributed by atoms with Crippen LogP contribution in [0.5, 0.6) is 5.75 Å². The van der Waals surface area contributed by atoms with E-state index >= 15 is 0 Å². The summed E-state index contributed by atoms with van der Waals surface area (Å²) in [6, 6.07) is 8.21. The van der Waals surface area contributed by atoms with Crippen LogP contribution >= 0.6 is 0 Å². The van der Waals surface area contributed by atoms with E-state index in [1.165, 1.54) is 10.8 Å². The number of fused-ring (bicyclic) bond motifs is 3. The van der Waals surface area contributed by atoms with Crippen molar-refractivity contribution in [2.45, 2.75) is 13.5 Å². The van der Waals surface area contributed by atoms with Crippen molar-refractivity contribution < 1.29 is 4.74 Å². The van der Waals surface area contributed by atoms with E-state index in [1.807, 2.05) is 19.2 Å². The maximum Gasteiger partial charge on any atom is 0.120 e. The van der Waals surface area contributed by atoms with Gasteiger partial charge >= 0.3 is 0 Å². The Morgan fingerprint density at radius 2 is 2.11 bits per heavy atom. The van der Waals surface area contributed by atoms with E-state index in [1.54, 1.807) is 7.11 Å². The standard InChI is InChI=1S/C15H17N3O/c1-10-15-13(5-7-17-10)12-4-3-11(19-2)9-14(12)18(15)8-6-16/h3-5,7,9H,6,8,16H2,1-2H3. The largest absolute Gasteiger partial charge is 0.497 e. The Balaban J connectivity index is 2.46. The number of nitrogens with zero attached hydrogens (tertiary/aromatic N) is 2. The van der Waals surface area contributed by atoms with E-state index < -0.39 is 0 Å². The first-order valence-corrected chi connectivity index (χ1v) is 6.38. The van der Waals surface area contributed by atoms with Crippen LogP contribution in [0.25, 0.3) is 21.8 Å². The minimum Gasteiger partial charge on any atom is -0.497 e. The van der Waals surface area contributed by atoms with Crippen LogP contribution in [-0.4, -0.2) is 23.2 Å². The van der Waals surface area contributed by atoms with Gasteiger partial charge in [0, 0.05) is 36.1 Å². The summed E-state index contributed by atoms with van der Waals surface area (Å²) in [6.07, 6.45) is 1.86. The Morgan fingerprint density at radius 1 is 1.26 bits per heavy atom. The average molecular weight is 255 g/mol. The van der Waals surface area contributed by atoms with E-state index in [0.29, 0.717) is 6.54 Å². The van der Waals surface area contributed by atoms with Crippen molar-refractivity contribution >= 4 is 21.8 Å². The van der Waals surface area contributed by atoms with E-state index in [2.05, 4.69) is 27.8 Å². The first-order valence-electron chi connectivity index (χ1n) is 6.38. The number of hydrogen-bond donors (Lipinski definition) is 1. The lowest BCUT2D eigenvalue weighted by atomic mass is 10.1. The Morgan fingerprint density at radius 3 is 2.84 bits per heavy atom. The number of pyridine rings is 1. The molecule has 3 aromatic rings. The molecule has 4 nitrogen and oxygen atoms in total. The molecule has 2 N–H and O–H groups in total. The number of hydrogen-bond acceptors (Lipinski definition) is 3. The minimum absolute atomic E-state index is 0.602. The predicted molar refractivity (Wildman–Crippen MR) is 77.6 cm³/mol. The molecule has 0 bridgehead atoms. The Kier molecular flexibility index (Phi) is 2.87. The lowest BCUT2D eigenvalue weighted by molar-refractivity contribution is 0.415. The zero-order valence-corrected chi connectivity index (χ0v) is 11.2. The summed E-state index contributed by atoms with van der Waals surface area (Å²) in [7, 11) is 1.68. The molecular formula is C15H17N3O. The van der Waals surface area contributed by atoms with Crippen molar-refractivity contribution in [1.82, 2.24) is 9.55 Å². The molecule has 19 heavy (non-hydrogen) atoms. The SMILES string of the molecule is COc1ccc2c3ccnc(C)c3n(CCN)c2c1. The third-order valence-electron chi connectivity index (χ3n) is 3.52. The number of nitrogens with two attached hydrogens (primary N) is 1. The highest BCUT2D eigenvalue weighted by Crippen LogP contribution is 2.32. The highest BCUT2D eigenvalue weighted by molar-refractivity contribution is 6.09. The third kappa shape index (κ3) is 1.76. The summed E-state index contributed by atoms with van der Waals surface area (Å²) in [5, 5.41) is 2.44. The van der Waals surface area contributed by atoms with Gasteiger partial charge in [0.25, 0.3) is 0 Å². The van der Waals surface area contributed by atoms with Gasteiger partial charge in [0.1, 0.15) is 5.75 Å². The monoisotopic (exact) mass is 255 g/mol. The van der Waals surface area contributed by atoms with Crippen LogP contribution in [0.2, 0.25) is 0 Å². The minimum atomic E-state index is 0.602. The number of benzene rings is 1. The van der Waals surface area contributed by atoms with Gasteiger partial charge in [0.15, 0.2) is 0 Å². The average Bonchev–Trinajstić information content (AvgIpc) is 2.74. The Bertz CT molecular complexity index is 746. The number of methoxy groups -OCH3 is 1. The fraction of sp³-hybridized carbons (Fsp3) is 0.267. The van der Waals surface area contributed by atoms with Crippen LogP contribution in [0.1, 0.15) is 5.69 Å². The summed E-state index contributed by atoms with van der Waals surface area (Å²) >= 11 is 0. The molecule has 98 valence electrons. The second kappa shape index (κ2) is 4.55. The van der Waals surface area contributed by atoms with Gasteiger partial charge < -0.3 is 15.0 Å². The van der Waals surface area contributed by atoms with Gasteiger partial charge in [-0.3, -0.25) is 4.98 Å². The molecule has 0 unspecified atom stereocenters. The molecule has 2 heterocycles. The van der Waals surface area contributed by atoms with Crippen LogP contribution in [0.4, 0.5) is 0 Å². The molecule has 2 aromatic heterocycles. The van der Waals surface area contributed by atoms with Crippen molar-refractivity contribution in [3.63, 3.8) is 0 Å². The molecule has 0 radical (unpaired) electrons. The van der Waals surface area contributed by atoms with Crippen LogP contribution in [0.3, 0.4) is 0 Å². The predicted octanol–water partition coefficient (Wildman–Crippen LogP) is 2.47. The van der Waals surface area contributed by atoms with Crippen molar-refractivity contribution in [1.29, 1.82) is 0 Å². The first-order chi connectivity index (χ1) is 9.26. The van der Waals surface area contributed by atoms with E-state index in [4.69, 9.17) is 10.5 Å². The lowest BCUT2D eigenvalue weighted by Gasteiger charge is -2.07. The molecule has 0 aliphatic carbocycles. The first kappa shape index (κ1) is 12.0. The highest BCUT2D eigenvalue weighted by Gasteiger charge is 2.13. The number of ether oxygens (including phenoxy) is 1. The van der Waals surface area contributed by atoms with Crippen LogP contribution in [0, 0.1) is 6.92 Å². The number of rotatable bonds is 3. The van der Waals surface area contributed by atoms with Crippen LogP contribution < -0.4 is 10.5 Å². The summed E-state index contributed by atoms with van der Waals surface area (Å²) in [5.74, 6) is 0.860. The van der Waals surface area contributed by atoms with Crippen molar-refractivity contribution in [2.75, 3.05) is 13.7 Å². The van der Waals surface area contributed by atoms with E-state index in [9.17, 15) is 0 Å². The summed E-state index contributed by atoms with van der Waals surface area (Å²) < 4.78 is 7.55. The van der Waals surface area contributed by atoms with Gasteiger partial charge in [-0.2, -0.15) is 0 Å². The van der Waals surface area contributed by atoms with Crippen molar-refractivity contribution in [3.8, 4) is 5.75 Å². The topological polar surface area (TPSA) is 53.1 Å². The van der Waals surface area contributed by atoms with Gasteiger partial charge in [-0.1, -0.05) is 0 Å². The second-order valence-electron chi connectivity index (χ2n) is 4.62. The molecule has 0 fully saturated rings. The van der Waals surface area contributed by atoms with Gasteiger partial charge in [-0.25, -0.2) is 0 Å². The smallest absolute Gasteiger partial charge is 0.120 e. The molecule has 0 saturated heterocycles. The molecule has 0 saturated carbocycles.